The summed E-state index contributed by atoms with van der Waals surface area (Å²) in [5, 5.41) is 0. The second-order valence-electron chi connectivity index (χ2n) is 4.85. The van der Waals surface area contributed by atoms with Crippen molar-refractivity contribution in [3.63, 3.8) is 0 Å². The average molecular weight is 252 g/mol. The molecule has 3 rings (SSSR count). The Hall–Kier alpha value is -2.36. The van der Waals surface area contributed by atoms with Crippen molar-refractivity contribution in [2.75, 3.05) is 19.0 Å². The van der Waals surface area contributed by atoms with Gasteiger partial charge in [0.05, 0.1) is 5.52 Å². The summed E-state index contributed by atoms with van der Waals surface area (Å²) in [4.78, 5) is 14.3. The standard InChI is InChI=1S/C15H16N4/c1-10-4-9-13-15(16-10)18-14(17-13)11-5-7-12(8-6-11)19(2)3/h4-9H,1-3H3,(H,16,17,18). The lowest BCUT2D eigenvalue weighted by atomic mass is 10.2. The van der Waals surface area contributed by atoms with Crippen LogP contribution in [0.2, 0.25) is 0 Å². The fourth-order valence-electron chi connectivity index (χ4n) is 2.04. The van der Waals surface area contributed by atoms with E-state index in [-0.39, 0.29) is 0 Å². The third-order valence-electron chi connectivity index (χ3n) is 3.14. The fourth-order valence-corrected chi connectivity index (χ4v) is 2.04. The molecule has 0 saturated heterocycles. The number of rotatable bonds is 2. The van der Waals surface area contributed by atoms with Gasteiger partial charge in [-0.05, 0) is 43.3 Å². The number of imidazole rings is 1. The largest absolute Gasteiger partial charge is 0.378 e. The molecule has 19 heavy (non-hydrogen) atoms. The third kappa shape index (κ3) is 2.17. The number of hydrogen-bond acceptors (Lipinski definition) is 3. The summed E-state index contributed by atoms with van der Waals surface area (Å²) in [6, 6.07) is 12.3. The topological polar surface area (TPSA) is 44.8 Å². The van der Waals surface area contributed by atoms with E-state index in [9.17, 15) is 0 Å². The molecule has 0 aliphatic rings. The maximum atomic E-state index is 4.54. The van der Waals surface area contributed by atoms with Crippen molar-refractivity contribution in [3.8, 4) is 11.4 Å². The number of aryl methyl sites for hydroxylation is 1. The molecule has 1 N–H and O–H groups in total. The zero-order chi connectivity index (χ0) is 13.4. The van der Waals surface area contributed by atoms with Gasteiger partial charge in [-0.2, -0.15) is 0 Å². The van der Waals surface area contributed by atoms with Gasteiger partial charge in [0.25, 0.3) is 0 Å². The molecule has 3 aromatic rings. The second-order valence-corrected chi connectivity index (χ2v) is 4.85. The minimum absolute atomic E-state index is 0.770. The minimum Gasteiger partial charge on any atom is -0.378 e. The first-order valence-corrected chi connectivity index (χ1v) is 6.24. The number of nitrogens with one attached hydrogen (secondary N) is 1. The van der Waals surface area contributed by atoms with Crippen molar-refractivity contribution in [2.24, 2.45) is 0 Å². The van der Waals surface area contributed by atoms with Crippen molar-refractivity contribution in [1.29, 1.82) is 0 Å². The second kappa shape index (κ2) is 4.39. The van der Waals surface area contributed by atoms with Gasteiger partial charge in [0, 0.05) is 31.0 Å². The van der Waals surface area contributed by atoms with E-state index in [4.69, 9.17) is 0 Å². The van der Waals surface area contributed by atoms with E-state index in [1.165, 1.54) is 5.69 Å². The molecule has 0 unspecified atom stereocenters. The van der Waals surface area contributed by atoms with E-state index >= 15 is 0 Å². The Labute approximate surface area is 112 Å². The third-order valence-corrected chi connectivity index (χ3v) is 3.14. The highest BCUT2D eigenvalue weighted by Crippen LogP contribution is 2.22. The van der Waals surface area contributed by atoms with Crippen LogP contribution in [0, 0.1) is 6.92 Å². The molecule has 1 aromatic carbocycles. The fraction of sp³-hybridized carbons (Fsp3) is 0.200. The summed E-state index contributed by atoms with van der Waals surface area (Å²) in [6.07, 6.45) is 0. The van der Waals surface area contributed by atoms with Crippen LogP contribution in [0.15, 0.2) is 36.4 Å². The number of nitrogens with zero attached hydrogens (tertiary/aromatic N) is 3. The van der Waals surface area contributed by atoms with Gasteiger partial charge >= 0.3 is 0 Å². The van der Waals surface area contributed by atoms with Crippen LogP contribution in [0.3, 0.4) is 0 Å². The molecule has 0 fully saturated rings. The number of anilines is 1. The first-order valence-electron chi connectivity index (χ1n) is 6.24. The van der Waals surface area contributed by atoms with Crippen LogP contribution in [-0.4, -0.2) is 29.0 Å². The van der Waals surface area contributed by atoms with Gasteiger partial charge in [0.15, 0.2) is 5.65 Å². The van der Waals surface area contributed by atoms with Gasteiger partial charge in [-0.3, -0.25) is 0 Å². The Morgan fingerprint density at radius 3 is 2.37 bits per heavy atom. The van der Waals surface area contributed by atoms with Gasteiger partial charge < -0.3 is 9.88 Å². The predicted molar refractivity (Wildman–Crippen MR) is 78.4 cm³/mol. The summed E-state index contributed by atoms with van der Waals surface area (Å²) in [5.74, 6) is 0.860. The maximum absolute atomic E-state index is 4.54. The molecule has 0 aliphatic carbocycles. The van der Waals surface area contributed by atoms with Crippen LogP contribution in [0.1, 0.15) is 5.69 Å². The molecular formula is C15H16N4. The van der Waals surface area contributed by atoms with Crippen molar-refractivity contribution >= 4 is 16.9 Å². The zero-order valence-corrected chi connectivity index (χ0v) is 11.3. The molecular weight excluding hydrogens is 236 g/mol. The molecule has 0 aliphatic heterocycles. The monoisotopic (exact) mass is 252 g/mol. The Bertz CT molecular complexity index is 711. The van der Waals surface area contributed by atoms with Crippen molar-refractivity contribution < 1.29 is 0 Å². The Morgan fingerprint density at radius 1 is 0.947 bits per heavy atom. The number of aromatic nitrogens is 3. The van der Waals surface area contributed by atoms with Gasteiger partial charge in [-0.1, -0.05) is 0 Å². The molecule has 2 heterocycles. The maximum Gasteiger partial charge on any atom is 0.178 e. The molecule has 0 atom stereocenters. The van der Waals surface area contributed by atoms with E-state index in [2.05, 4.69) is 44.1 Å². The molecule has 4 heteroatoms. The number of fused-ring (bicyclic) bond motifs is 1. The number of aromatic amines is 1. The van der Waals surface area contributed by atoms with Crippen molar-refractivity contribution in [2.45, 2.75) is 6.92 Å². The molecule has 0 spiro atoms. The minimum atomic E-state index is 0.770. The molecule has 0 amide bonds. The van der Waals surface area contributed by atoms with Gasteiger partial charge in [-0.15, -0.1) is 0 Å². The quantitative estimate of drug-likeness (QED) is 0.762. The van der Waals surface area contributed by atoms with Crippen LogP contribution >= 0.6 is 0 Å². The highest BCUT2D eigenvalue weighted by molar-refractivity contribution is 5.76. The number of benzene rings is 1. The highest BCUT2D eigenvalue weighted by Gasteiger charge is 2.06. The van der Waals surface area contributed by atoms with Gasteiger partial charge in [-0.25, -0.2) is 9.97 Å². The van der Waals surface area contributed by atoms with E-state index in [1.807, 2.05) is 33.2 Å². The molecule has 4 nitrogen and oxygen atoms in total. The van der Waals surface area contributed by atoms with E-state index in [0.717, 1.165) is 28.2 Å². The SMILES string of the molecule is Cc1ccc2[nH]c(-c3ccc(N(C)C)cc3)nc2n1. The first-order chi connectivity index (χ1) is 9.13. The van der Waals surface area contributed by atoms with Gasteiger partial charge in [0.2, 0.25) is 0 Å². The summed E-state index contributed by atoms with van der Waals surface area (Å²) >= 11 is 0. The van der Waals surface area contributed by atoms with Crippen LogP contribution in [0.5, 0.6) is 0 Å². The molecule has 96 valence electrons. The number of H-pyrrole nitrogens is 1. The molecule has 0 saturated carbocycles. The lowest BCUT2D eigenvalue weighted by Gasteiger charge is -2.11. The average Bonchev–Trinajstić information content (AvgIpc) is 2.81. The summed E-state index contributed by atoms with van der Waals surface area (Å²) in [5.41, 5.74) is 4.97. The Morgan fingerprint density at radius 2 is 1.68 bits per heavy atom. The predicted octanol–water partition coefficient (Wildman–Crippen LogP) is 3.00. The summed E-state index contributed by atoms with van der Waals surface area (Å²) in [6.45, 7) is 1.97. The molecule has 0 radical (unpaired) electrons. The molecule has 2 aromatic heterocycles. The van der Waals surface area contributed by atoms with E-state index in [1.54, 1.807) is 0 Å². The lowest BCUT2D eigenvalue weighted by Crippen LogP contribution is -2.07. The summed E-state index contributed by atoms with van der Waals surface area (Å²) < 4.78 is 0. The van der Waals surface area contributed by atoms with E-state index in [0.29, 0.717) is 0 Å². The number of pyridine rings is 1. The normalized spacial score (nSPS) is 10.9. The smallest absolute Gasteiger partial charge is 0.178 e. The van der Waals surface area contributed by atoms with E-state index < -0.39 is 0 Å². The van der Waals surface area contributed by atoms with Crippen molar-refractivity contribution in [1.82, 2.24) is 15.0 Å². The van der Waals surface area contributed by atoms with Crippen LogP contribution in [0.4, 0.5) is 5.69 Å². The first kappa shape index (κ1) is 11.7. The highest BCUT2D eigenvalue weighted by atomic mass is 15.1. The summed E-state index contributed by atoms with van der Waals surface area (Å²) in [7, 11) is 4.06. The zero-order valence-electron chi connectivity index (χ0n) is 11.3. The van der Waals surface area contributed by atoms with Crippen LogP contribution < -0.4 is 4.90 Å². The van der Waals surface area contributed by atoms with Gasteiger partial charge in [0.1, 0.15) is 5.82 Å². The number of hydrogen-bond donors (Lipinski definition) is 1. The van der Waals surface area contributed by atoms with Crippen LogP contribution in [0.25, 0.3) is 22.6 Å². The molecule has 0 bridgehead atoms. The Balaban J connectivity index is 2.03. The van der Waals surface area contributed by atoms with Crippen LogP contribution in [-0.2, 0) is 0 Å². The van der Waals surface area contributed by atoms with Crippen molar-refractivity contribution in [3.05, 3.63) is 42.1 Å². The lowest BCUT2D eigenvalue weighted by molar-refractivity contribution is 1.13. The Kier molecular flexibility index (Phi) is 2.71.